The molecule has 2 fully saturated rings. The van der Waals surface area contributed by atoms with E-state index < -0.39 is 30.3 Å². The summed E-state index contributed by atoms with van der Waals surface area (Å²) >= 11 is 0. The summed E-state index contributed by atoms with van der Waals surface area (Å²) in [5, 5.41) is 2.61. The van der Waals surface area contributed by atoms with Gasteiger partial charge in [0.25, 0.3) is 0 Å². The number of anilines is 1. The molecule has 2 atom stereocenters. The quantitative estimate of drug-likeness (QED) is 0.669. The molecule has 1 aliphatic heterocycles. The second kappa shape index (κ2) is 7.04. The number of para-hydroxylation sites is 1. The van der Waals surface area contributed by atoms with Gasteiger partial charge >= 0.3 is 17.8 Å². The predicted octanol–water partition coefficient (Wildman–Crippen LogP) is 1.99. The Labute approximate surface area is 146 Å². The zero-order chi connectivity index (χ0) is 18.0. The third-order valence-corrected chi connectivity index (χ3v) is 4.84. The van der Waals surface area contributed by atoms with Crippen LogP contribution < -0.4 is 5.32 Å². The third-order valence-electron chi connectivity index (χ3n) is 4.84. The number of urea groups is 1. The van der Waals surface area contributed by atoms with Gasteiger partial charge in [-0.3, -0.25) is 19.3 Å². The minimum atomic E-state index is -0.925. The minimum absolute atomic E-state index is 0.160. The summed E-state index contributed by atoms with van der Waals surface area (Å²) in [4.78, 5) is 51.0. The number of imide groups is 2. The van der Waals surface area contributed by atoms with E-state index in [2.05, 4.69) is 5.32 Å². The molecule has 2 aliphatic rings. The summed E-state index contributed by atoms with van der Waals surface area (Å²) in [6.07, 6.45) is 3.61. The van der Waals surface area contributed by atoms with Crippen molar-refractivity contribution >= 4 is 29.4 Å². The lowest BCUT2D eigenvalue weighted by Crippen LogP contribution is -2.46. The van der Waals surface area contributed by atoms with Crippen molar-refractivity contribution in [1.82, 2.24) is 9.80 Å². The molecule has 1 heterocycles. The highest BCUT2D eigenvalue weighted by Gasteiger charge is 2.49. The Bertz CT molecular complexity index is 704. The number of hydrogen-bond donors (Lipinski definition) is 1. The van der Waals surface area contributed by atoms with Gasteiger partial charge in [0.2, 0.25) is 5.91 Å². The third kappa shape index (κ3) is 3.40. The van der Waals surface area contributed by atoms with Crippen LogP contribution >= 0.6 is 0 Å². The average molecular weight is 343 g/mol. The SMILES string of the molecule is C[C@H]1CCCC[C@H]1N1C(=O)C(=O)N(CC(=O)Nc2ccccc2)C1=O. The van der Waals surface area contributed by atoms with Gasteiger partial charge in [0.05, 0.1) is 0 Å². The fraction of sp³-hybridized carbons (Fsp3) is 0.444. The largest absolute Gasteiger partial charge is 0.334 e. The molecule has 0 unspecified atom stereocenters. The van der Waals surface area contributed by atoms with Crippen LogP contribution in [0.3, 0.4) is 0 Å². The van der Waals surface area contributed by atoms with Gasteiger partial charge in [0.15, 0.2) is 0 Å². The number of benzene rings is 1. The summed E-state index contributed by atoms with van der Waals surface area (Å²) in [6, 6.07) is 7.79. The van der Waals surface area contributed by atoms with Gasteiger partial charge in [-0.2, -0.15) is 0 Å². The molecule has 1 aromatic carbocycles. The first-order chi connectivity index (χ1) is 12.0. The van der Waals surface area contributed by atoms with E-state index in [9.17, 15) is 19.2 Å². The fourth-order valence-electron chi connectivity index (χ4n) is 3.50. The number of amides is 5. The molecule has 1 aromatic rings. The minimum Gasteiger partial charge on any atom is -0.325 e. The van der Waals surface area contributed by atoms with Crippen LogP contribution in [0.2, 0.25) is 0 Å². The first-order valence-corrected chi connectivity index (χ1v) is 8.53. The van der Waals surface area contributed by atoms with E-state index in [0.29, 0.717) is 12.1 Å². The molecule has 1 saturated carbocycles. The smallest absolute Gasteiger partial charge is 0.325 e. The van der Waals surface area contributed by atoms with Gasteiger partial charge in [0.1, 0.15) is 6.54 Å². The van der Waals surface area contributed by atoms with Crippen molar-refractivity contribution in [3.05, 3.63) is 30.3 Å². The maximum Gasteiger partial charge on any atom is 0.334 e. The standard InChI is InChI=1S/C18H21N3O4/c1-12-7-5-6-10-14(12)21-17(24)16(23)20(18(21)25)11-15(22)19-13-8-3-2-4-9-13/h2-4,8-9,12,14H,5-7,10-11H2,1H3,(H,19,22)/t12-,14+/m0/s1. The molecule has 5 amide bonds. The molecule has 1 aliphatic carbocycles. The Morgan fingerprint density at radius 1 is 1.08 bits per heavy atom. The van der Waals surface area contributed by atoms with E-state index in [0.717, 1.165) is 29.1 Å². The molecule has 0 radical (unpaired) electrons. The monoisotopic (exact) mass is 343 g/mol. The first-order valence-electron chi connectivity index (χ1n) is 8.53. The van der Waals surface area contributed by atoms with Crippen LogP contribution in [0.15, 0.2) is 30.3 Å². The van der Waals surface area contributed by atoms with Crippen molar-refractivity contribution in [1.29, 1.82) is 0 Å². The summed E-state index contributed by atoms with van der Waals surface area (Å²) < 4.78 is 0. The predicted molar refractivity (Wildman–Crippen MR) is 90.4 cm³/mol. The van der Waals surface area contributed by atoms with Crippen LogP contribution in [-0.4, -0.2) is 46.1 Å². The number of nitrogens with zero attached hydrogens (tertiary/aromatic N) is 2. The number of carbonyl (C=O) groups excluding carboxylic acids is 4. The molecule has 1 N–H and O–H groups in total. The molecule has 0 aromatic heterocycles. The second-order valence-corrected chi connectivity index (χ2v) is 6.59. The number of rotatable bonds is 4. The Balaban J connectivity index is 1.70. The van der Waals surface area contributed by atoms with Gasteiger partial charge < -0.3 is 5.32 Å². The average Bonchev–Trinajstić information content (AvgIpc) is 2.80. The molecule has 0 bridgehead atoms. The summed E-state index contributed by atoms with van der Waals surface area (Å²) in [5.74, 6) is -2.10. The highest BCUT2D eigenvalue weighted by molar-refractivity contribution is 6.45. The van der Waals surface area contributed by atoms with E-state index in [1.807, 2.05) is 13.0 Å². The van der Waals surface area contributed by atoms with Gasteiger partial charge in [0, 0.05) is 11.7 Å². The topological polar surface area (TPSA) is 86.8 Å². The Morgan fingerprint density at radius 3 is 2.44 bits per heavy atom. The van der Waals surface area contributed by atoms with Crippen molar-refractivity contribution in [2.24, 2.45) is 5.92 Å². The molecular formula is C18H21N3O4. The van der Waals surface area contributed by atoms with Gasteiger partial charge in [-0.05, 0) is 30.9 Å². The molecule has 1 saturated heterocycles. The highest BCUT2D eigenvalue weighted by atomic mass is 16.2. The van der Waals surface area contributed by atoms with E-state index in [1.54, 1.807) is 24.3 Å². The van der Waals surface area contributed by atoms with E-state index in [1.165, 1.54) is 0 Å². The Kier molecular flexibility index (Phi) is 4.83. The number of nitrogens with one attached hydrogen (secondary N) is 1. The van der Waals surface area contributed by atoms with Crippen LogP contribution in [-0.2, 0) is 14.4 Å². The number of carbonyl (C=O) groups is 4. The molecule has 7 nitrogen and oxygen atoms in total. The van der Waals surface area contributed by atoms with Crippen LogP contribution in [0.1, 0.15) is 32.6 Å². The maximum absolute atomic E-state index is 12.6. The highest BCUT2D eigenvalue weighted by Crippen LogP contribution is 2.31. The van der Waals surface area contributed by atoms with Crippen LogP contribution in [0.5, 0.6) is 0 Å². The van der Waals surface area contributed by atoms with Crippen molar-refractivity contribution in [2.45, 2.75) is 38.6 Å². The molecular weight excluding hydrogens is 322 g/mol. The van der Waals surface area contributed by atoms with Crippen LogP contribution in [0.25, 0.3) is 0 Å². The lowest BCUT2D eigenvalue weighted by molar-refractivity contribution is -0.145. The van der Waals surface area contributed by atoms with E-state index in [4.69, 9.17) is 0 Å². The summed E-state index contributed by atoms with van der Waals surface area (Å²) in [6.45, 7) is 1.52. The molecule has 132 valence electrons. The Hall–Kier alpha value is -2.70. The normalized spacial score (nSPS) is 24.0. The Morgan fingerprint density at radius 2 is 1.76 bits per heavy atom. The molecule has 0 spiro atoms. The molecule has 7 heteroatoms. The zero-order valence-corrected chi connectivity index (χ0v) is 14.1. The zero-order valence-electron chi connectivity index (χ0n) is 14.1. The molecule has 25 heavy (non-hydrogen) atoms. The van der Waals surface area contributed by atoms with Crippen molar-refractivity contribution in [3.8, 4) is 0 Å². The first kappa shape index (κ1) is 17.1. The van der Waals surface area contributed by atoms with Crippen LogP contribution in [0, 0.1) is 5.92 Å². The summed E-state index contributed by atoms with van der Waals surface area (Å²) in [7, 11) is 0. The maximum atomic E-state index is 12.6. The van der Waals surface area contributed by atoms with Gasteiger partial charge in [-0.1, -0.05) is 38.0 Å². The van der Waals surface area contributed by atoms with Gasteiger partial charge in [-0.15, -0.1) is 0 Å². The summed E-state index contributed by atoms with van der Waals surface area (Å²) in [5.41, 5.74) is 0.565. The lowest BCUT2D eigenvalue weighted by Gasteiger charge is -2.34. The van der Waals surface area contributed by atoms with E-state index in [-0.39, 0.29) is 12.0 Å². The van der Waals surface area contributed by atoms with E-state index >= 15 is 0 Å². The fourth-order valence-corrected chi connectivity index (χ4v) is 3.50. The number of hydrogen-bond acceptors (Lipinski definition) is 4. The van der Waals surface area contributed by atoms with Crippen molar-refractivity contribution in [3.63, 3.8) is 0 Å². The van der Waals surface area contributed by atoms with Crippen molar-refractivity contribution < 1.29 is 19.2 Å². The van der Waals surface area contributed by atoms with Gasteiger partial charge in [-0.25, -0.2) is 9.69 Å². The second-order valence-electron chi connectivity index (χ2n) is 6.59. The van der Waals surface area contributed by atoms with Crippen LogP contribution in [0.4, 0.5) is 10.5 Å². The lowest BCUT2D eigenvalue weighted by atomic mass is 9.85. The van der Waals surface area contributed by atoms with Crippen molar-refractivity contribution in [2.75, 3.05) is 11.9 Å². The molecule has 3 rings (SSSR count).